The highest BCUT2D eigenvalue weighted by Crippen LogP contribution is 2.50. The van der Waals surface area contributed by atoms with Crippen molar-refractivity contribution in [3.8, 4) is 0 Å². The fraction of sp³-hybridized carbons (Fsp3) is 0.867. The molecule has 0 N–H and O–H groups in total. The Morgan fingerprint density at radius 3 is 2.38 bits per heavy atom. The smallest absolute Gasteiger partial charge is 0.410 e. The van der Waals surface area contributed by atoms with E-state index >= 15 is 0 Å². The maximum Gasteiger partial charge on any atom is 0.410 e. The number of hydrogen-bond donors (Lipinski definition) is 1. The molecule has 0 radical (unpaired) electrons. The average Bonchev–Trinajstić information content (AvgIpc) is 2.76. The van der Waals surface area contributed by atoms with E-state index in [1.807, 2.05) is 25.7 Å². The lowest BCUT2D eigenvalue weighted by Crippen LogP contribution is -2.40. The van der Waals surface area contributed by atoms with Crippen LogP contribution >= 0.6 is 12.6 Å². The molecule has 3 rings (SSSR count). The average molecular weight is 312 g/mol. The number of ether oxygens (including phenoxy) is 1. The van der Waals surface area contributed by atoms with Crippen molar-refractivity contribution in [1.82, 2.24) is 9.80 Å². The van der Waals surface area contributed by atoms with Gasteiger partial charge in [0, 0.05) is 43.9 Å². The van der Waals surface area contributed by atoms with Crippen molar-refractivity contribution in [2.24, 2.45) is 17.8 Å². The first-order valence-corrected chi connectivity index (χ1v) is 8.31. The molecule has 2 unspecified atom stereocenters. The van der Waals surface area contributed by atoms with Crippen LogP contribution in [0, 0.1) is 17.8 Å². The Morgan fingerprint density at radius 2 is 1.90 bits per heavy atom. The van der Waals surface area contributed by atoms with Crippen LogP contribution in [0.5, 0.6) is 0 Å². The molecule has 0 aromatic rings. The van der Waals surface area contributed by atoms with Gasteiger partial charge in [0.05, 0.1) is 0 Å². The molecule has 5 nitrogen and oxygen atoms in total. The van der Waals surface area contributed by atoms with Crippen molar-refractivity contribution in [3.63, 3.8) is 0 Å². The minimum absolute atomic E-state index is 0.227. The summed E-state index contributed by atoms with van der Waals surface area (Å²) in [6.07, 6.45) is 0.407. The summed E-state index contributed by atoms with van der Waals surface area (Å²) in [5.41, 5.74) is -0.450. The molecule has 2 saturated heterocycles. The maximum atomic E-state index is 12.0. The number of piperidine rings is 1. The molecule has 3 aliphatic rings. The van der Waals surface area contributed by atoms with Crippen molar-refractivity contribution in [3.05, 3.63) is 0 Å². The molecule has 0 bridgehead atoms. The monoisotopic (exact) mass is 312 g/mol. The van der Waals surface area contributed by atoms with Crippen LogP contribution in [0.25, 0.3) is 0 Å². The van der Waals surface area contributed by atoms with Gasteiger partial charge in [-0.05, 0) is 32.4 Å². The summed E-state index contributed by atoms with van der Waals surface area (Å²) in [5.74, 6) is 2.32. The fourth-order valence-electron chi connectivity index (χ4n) is 3.65. The Hall–Kier alpha value is -0.910. The van der Waals surface area contributed by atoms with E-state index < -0.39 is 5.60 Å². The molecule has 1 saturated carbocycles. The van der Waals surface area contributed by atoms with Crippen molar-refractivity contribution in [1.29, 1.82) is 0 Å². The van der Waals surface area contributed by atoms with Gasteiger partial charge in [-0.15, -0.1) is 0 Å². The van der Waals surface area contributed by atoms with Crippen molar-refractivity contribution in [2.45, 2.75) is 38.8 Å². The number of likely N-dealkylation sites (tertiary alicyclic amines) is 2. The summed E-state index contributed by atoms with van der Waals surface area (Å²) in [5, 5.41) is 0. The Bertz CT molecular complexity index is 450. The summed E-state index contributed by atoms with van der Waals surface area (Å²) in [7, 11) is 0. The van der Waals surface area contributed by atoms with E-state index in [2.05, 4.69) is 12.6 Å². The predicted molar refractivity (Wildman–Crippen MR) is 82.2 cm³/mol. The molecule has 21 heavy (non-hydrogen) atoms. The zero-order valence-electron chi connectivity index (χ0n) is 12.9. The van der Waals surface area contributed by atoms with E-state index in [1.165, 1.54) is 0 Å². The molecule has 118 valence electrons. The third kappa shape index (κ3) is 2.87. The number of nitrogens with zero attached hydrogens (tertiary/aromatic N) is 2. The highest BCUT2D eigenvalue weighted by Gasteiger charge is 2.61. The number of fused-ring (bicyclic) bond motifs is 1. The first kappa shape index (κ1) is 15.0. The Morgan fingerprint density at radius 1 is 1.29 bits per heavy atom. The second kappa shape index (κ2) is 5.07. The van der Waals surface area contributed by atoms with Crippen molar-refractivity contribution in [2.75, 3.05) is 25.4 Å². The largest absolute Gasteiger partial charge is 0.444 e. The second-order valence-corrected chi connectivity index (χ2v) is 7.87. The van der Waals surface area contributed by atoms with E-state index in [0.29, 0.717) is 30.2 Å². The molecule has 2 aliphatic heterocycles. The normalized spacial score (nSPS) is 35.1. The summed E-state index contributed by atoms with van der Waals surface area (Å²) < 4.78 is 5.40. The number of amides is 2. The lowest BCUT2D eigenvalue weighted by atomic mass is 10.1. The highest BCUT2D eigenvalue weighted by atomic mass is 32.1. The maximum absolute atomic E-state index is 12.0. The van der Waals surface area contributed by atoms with Gasteiger partial charge in [0.25, 0.3) is 0 Å². The zero-order chi connectivity index (χ0) is 15.4. The van der Waals surface area contributed by atoms with Gasteiger partial charge in [-0.3, -0.25) is 4.79 Å². The molecule has 3 fully saturated rings. The second-order valence-electron chi connectivity index (χ2n) is 7.50. The summed E-state index contributed by atoms with van der Waals surface area (Å²) >= 11 is 4.30. The Labute approximate surface area is 131 Å². The van der Waals surface area contributed by atoms with Gasteiger partial charge in [-0.2, -0.15) is 12.6 Å². The Balaban J connectivity index is 1.53. The van der Waals surface area contributed by atoms with E-state index in [4.69, 9.17) is 4.74 Å². The van der Waals surface area contributed by atoms with Crippen LogP contribution in [0.2, 0.25) is 0 Å². The molecule has 6 heteroatoms. The van der Waals surface area contributed by atoms with Crippen LogP contribution < -0.4 is 0 Å². The summed E-state index contributed by atoms with van der Waals surface area (Å²) in [6, 6.07) is 0.348. The van der Waals surface area contributed by atoms with E-state index in [-0.39, 0.29) is 12.0 Å². The van der Waals surface area contributed by atoms with E-state index in [1.54, 1.807) is 4.90 Å². The molecule has 0 spiro atoms. The number of carbonyl (C=O) groups excluding carboxylic acids is 2. The van der Waals surface area contributed by atoms with Gasteiger partial charge in [0.2, 0.25) is 5.91 Å². The van der Waals surface area contributed by atoms with Crippen LogP contribution in [0.3, 0.4) is 0 Å². The predicted octanol–water partition coefficient (Wildman–Crippen LogP) is 1.63. The van der Waals surface area contributed by atoms with Crippen LogP contribution in [-0.2, 0) is 9.53 Å². The quantitative estimate of drug-likeness (QED) is 0.789. The Kier molecular flexibility index (Phi) is 3.62. The molecular weight excluding hydrogens is 288 g/mol. The third-order valence-corrected chi connectivity index (χ3v) is 5.17. The summed E-state index contributed by atoms with van der Waals surface area (Å²) in [6.45, 7) is 7.92. The van der Waals surface area contributed by atoms with Gasteiger partial charge >= 0.3 is 6.09 Å². The van der Waals surface area contributed by atoms with Gasteiger partial charge in [-0.25, -0.2) is 4.79 Å². The molecule has 1 aliphatic carbocycles. The summed E-state index contributed by atoms with van der Waals surface area (Å²) in [4.78, 5) is 27.9. The fourth-order valence-corrected chi connectivity index (χ4v) is 3.90. The van der Waals surface area contributed by atoms with Crippen LogP contribution in [0.15, 0.2) is 0 Å². The van der Waals surface area contributed by atoms with Crippen LogP contribution in [-0.4, -0.2) is 58.8 Å². The van der Waals surface area contributed by atoms with Crippen molar-refractivity contribution >= 4 is 24.6 Å². The van der Waals surface area contributed by atoms with Gasteiger partial charge in [0.15, 0.2) is 0 Å². The van der Waals surface area contributed by atoms with Gasteiger partial charge in [-0.1, -0.05) is 0 Å². The SMILES string of the molecule is CC(C)(C)OC(=O)N1C[C@@H]2C(N3CC(CS)CC3=O)[C@@H]2C1. The lowest BCUT2D eigenvalue weighted by molar-refractivity contribution is -0.128. The highest BCUT2D eigenvalue weighted by molar-refractivity contribution is 7.80. The zero-order valence-corrected chi connectivity index (χ0v) is 13.8. The number of rotatable bonds is 2. The molecule has 0 aromatic carbocycles. The van der Waals surface area contributed by atoms with E-state index in [9.17, 15) is 9.59 Å². The molecule has 2 amide bonds. The number of hydrogen-bond acceptors (Lipinski definition) is 4. The minimum Gasteiger partial charge on any atom is -0.444 e. The lowest BCUT2D eigenvalue weighted by Gasteiger charge is -2.27. The third-order valence-electron chi connectivity index (χ3n) is 4.66. The van der Waals surface area contributed by atoms with Crippen molar-refractivity contribution < 1.29 is 14.3 Å². The molecule has 0 aromatic heterocycles. The molecule has 4 atom stereocenters. The van der Waals surface area contributed by atoms with Gasteiger partial charge < -0.3 is 14.5 Å². The number of carbonyl (C=O) groups is 2. The molecule has 2 heterocycles. The first-order valence-electron chi connectivity index (χ1n) is 7.68. The van der Waals surface area contributed by atoms with Crippen LogP contribution in [0.4, 0.5) is 4.79 Å². The van der Waals surface area contributed by atoms with Crippen LogP contribution in [0.1, 0.15) is 27.2 Å². The van der Waals surface area contributed by atoms with E-state index in [0.717, 1.165) is 25.4 Å². The standard InChI is InChI=1S/C15H24N2O3S/c1-15(2,3)20-14(19)16-6-10-11(7-16)13(10)17-5-9(8-21)4-12(17)18/h9-11,13,21H,4-8H2,1-3H3/t9?,10-,11+,13?. The topological polar surface area (TPSA) is 49.9 Å². The van der Waals surface area contributed by atoms with Gasteiger partial charge in [0.1, 0.15) is 5.60 Å². The molecular formula is C15H24N2O3S. The first-order chi connectivity index (χ1) is 9.80. The number of thiol groups is 1. The minimum atomic E-state index is -0.450.